The molecule has 2 rings (SSSR count). The Bertz CT molecular complexity index is 627. The van der Waals surface area contributed by atoms with Gasteiger partial charge in [0.1, 0.15) is 11.8 Å². The number of H-pyrrole nitrogens is 1. The number of nitriles is 1. The third-order valence-corrected chi connectivity index (χ3v) is 3.03. The SMILES string of the molecule is CN(C(=O)c1cc(Br)c[nH]1)c1ccccc1C#N. The van der Waals surface area contributed by atoms with Gasteiger partial charge in [-0.05, 0) is 34.1 Å². The maximum Gasteiger partial charge on any atom is 0.274 e. The van der Waals surface area contributed by atoms with E-state index in [-0.39, 0.29) is 5.91 Å². The van der Waals surface area contributed by atoms with Crippen molar-refractivity contribution in [2.45, 2.75) is 0 Å². The number of halogens is 1. The zero-order valence-corrected chi connectivity index (χ0v) is 11.2. The summed E-state index contributed by atoms with van der Waals surface area (Å²) in [5, 5.41) is 9.02. The van der Waals surface area contributed by atoms with Crippen LogP contribution in [0.2, 0.25) is 0 Å². The Balaban J connectivity index is 2.34. The summed E-state index contributed by atoms with van der Waals surface area (Å²) in [4.78, 5) is 16.5. The minimum absolute atomic E-state index is 0.191. The second-order valence-corrected chi connectivity index (χ2v) is 4.64. The summed E-state index contributed by atoms with van der Waals surface area (Å²) in [6, 6.07) is 10.8. The van der Waals surface area contributed by atoms with E-state index in [2.05, 4.69) is 27.0 Å². The van der Waals surface area contributed by atoms with Gasteiger partial charge in [0.05, 0.1) is 11.3 Å². The van der Waals surface area contributed by atoms with Crippen LogP contribution in [0.25, 0.3) is 0 Å². The molecule has 0 unspecified atom stereocenters. The lowest BCUT2D eigenvalue weighted by Gasteiger charge is -2.17. The van der Waals surface area contributed by atoms with E-state index in [4.69, 9.17) is 5.26 Å². The van der Waals surface area contributed by atoms with Crippen molar-refractivity contribution in [3.05, 3.63) is 52.3 Å². The molecule has 18 heavy (non-hydrogen) atoms. The van der Waals surface area contributed by atoms with Gasteiger partial charge >= 0.3 is 0 Å². The Hall–Kier alpha value is -2.06. The fourth-order valence-corrected chi connectivity index (χ4v) is 1.99. The van der Waals surface area contributed by atoms with Crippen LogP contribution < -0.4 is 4.90 Å². The van der Waals surface area contributed by atoms with E-state index in [9.17, 15) is 4.79 Å². The van der Waals surface area contributed by atoms with Gasteiger partial charge in [0, 0.05) is 17.7 Å². The van der Waals surface area contributed by atoms with Crippen molar-refractivity contribution < 1.29 is 4.79 Å². The Kier molecular flexibility index (Phi) is 3.49. The summed E-state index contributed by atoms with van der Waals surface area (Å²) in [5.41, 5.74) is 1.53. The molecule has 0 spiro atoms. The first-order valence-corrected chi connectivity index (χ1v) is 6.04. The zero-order chi connectivity index (χ0) is 13.1. The first-order chi connectivity index (χ1) is 8.63. The summed E-state index contributed by atoms with van der Waals surface area (Å²) in [5.74, 6) is -0.191. The molecule has 1 amide bonds. The number of rotatable bonds is 2. The van der Waals surface area contributed by atoms with E-state index in [1.54, 1.807) is 43.6 Å². The molecule has 0 aliphatic carbocycles. The highest BCUT2D eigenvalue weighted by Crippen LogP contribution is 2.20. The minimum Gasteiger partial charge on any atom is -0.356 e. The van der Waals surface area contributed by atoms with Gasteiger partial charge in [0.25, 0.3) is 5.91 Å². The van der Waals surface area contributed by atoms with Crippen molar-refractivity contribution in [3.63, 3.8) is 0 Å². The number of carbonyl (C=O) groups is 1. The number of carbonyl (C=O) groups excluding carboxylic acids is 1. The molecule has 1 aromatic carbocycles. The number of anilines is 1. The van der Waals surface area contributed by atoms with Crippen molar-refractivity contribution in [2.75, 3.05) is 11.9 Å². The zero-order valence-electron chi connectivity index (χ0n) is 9.64. The average Bonchev–Trinajstić information content (AvgIpc) is 2.83. The van der Waals surface area contributed by atoms with E-state index in [1.165, 1.54) is 4.90 Å². The highest BCUT2D eigenvalue weighted by Gasteiger charge is 2.17. The van der Waals surface area contributed by atoms with Gasteiger partial charge < -0.3 is 9.88 Å². The molecule has 0 saturated heterocycles. The van der Waals surface area contributed by atoms with Crippen LogP contribution in [0.1, 0.15) is 16.1 Å². The number of para-hydroxylation sites is 1. The van der Waals surface area contributed by atoms with Crippen LogP contribution in [0, 0.1) is 11.3 Å². The van der Waals surface area contributed by atoms with E-state index in [0.717, 1.165) is 4.47 Å². The number of amides is 1. The Labute approximate surface area is 113 Å². The number of aromatic amines is 1. The number of hydrogen-bond donors (Lipinski definition) is 1. The van der Waals surface area contributed by atoms with Gasteiger partial charge in [-0.1, -0.05) is 12.1 Å². The number of nitrogens with zero attached hydrogens (tertiary/aromatic N) is 2. The predicted octanol–water partition coefficient (Wildman–Crippen LogP) is 2.93. The van der Waals surface area contributed by atoms with Crippen LogP contribution in [0.5, 0.6) is 0 Å². The summed E-state index contributed by atoms with van der Waals surface area (Å²) >= 11 is 3.28. The summed E-state index contributed by atoms with van der Waals surface area (Å²) < 4.78 is 0.813. The topological polar surface area (TPSA) is 59.9 Å². The van der Waals surface area contributed by atoms with Crippen LogP contribution in [0.3, 0.4) is 0 Å². The lowest BCUT2D eigenvalue weighted by Crippen LogP contribution is -2.27. The molecule has 90 valence electrons. The fourth-order valence-electron chi connectivity index (χ4n) is 1.64. The van der Waals surface area contributed by atoms with Crippen molar-refractivity contribution in [2.24, 2.45) is 0 Å². The van der Waals surface area contributed by atoms with Crippen LogP contribution >= 0.6 is 15.9 Å². The van der Waals surface area contributed by atoms with Gasteiger partial charge in [-0.15, -0.1) is 0 Å². The molecule has 0 atom stereocenters. The van der Waals surface area contributed by atoms with Crippen LogP contribution in [-0.4, -0.2) is 17.9 Å². The van der Waals surface area contributed by atoms with Crippen molar-refractivity contribution in [1.82, 2.24) is 4.98 Å². The van der Waals surface area contributed by atoms with Gasteiger partial charge in [-0.2, -0.15) is 5.26 Å². The Morgan fingerprint density at radius 1 is 1.44 bits per heavy atom. The van der Waals surface area contributed by atoms with Gasteiger partial charge in [-0.25, -0.2) is 0 Å². The lowest BCUT2D eigenvalue weighted by atomic mass is 10.1. The second kappa shape index (κ2) is 5.07. The minimum atomic E-state index is -0.191. The lowest BCUT2D eigenvalue weighted by molar-refractivity contribution is 0.0989. The molecule has 1 N–H and O–H groups in total. The Morgan fingerprint density at radius 3 is 2.78 bits per heavy atom. The molecule has 0 fully saturated rings. The number of aromatic nitrogens is 1. The van der Waals surface area contributed by atoms with E-state index >= 15 is 0 Å². The van der Waals surface area contributed by atoms with E-state index in [1.807, 2.05) is 0 Å². The molecule has 0 radical (unpaired) electrons. The number of benzene rings is 1. The van der Waals surface area contributed by atoms with Crippen molar-refractivity contribution in [3.8, 4) is 6.07 Å². The quantitative estimate of drug-likeness (QED) is 0.927. The molecule has 2 aromatic rings. The van der Waals surface area contributed by atoms with Gasteiger partial charge in [0.2, 0.25) is 0 Å². The average molecular weight is 304 g/mol. The van der Waals surface area contributed by atoms with Crippen molar-refractivity contribution in [1.29, 1.82) is 5.26 Å². The first-order valence-electron chi connectivity index (χ1n) is 5.24. The predicted molar refractivity (Wildman–Crippen MR) is 72.4 cm³/mol. The molecule has 1 heterocycles. The highest BCUT2D eigenvalue weighted by atomic mass is 79.9. The number of nitrogens with one attached hydrogen (secondary N) is 1. The fraction of sp³-hybridized carbons (Fsp3) is 0.0769. The molecular formula is C13H10BrN3O. The summed E-state index contributed by atoms with van der Waals surface area (Å²) in [7, 11) is 1.65. The first kappa shape index (κ1) is 12.4. The van der Waals surface area contributed by atoms with E-state index < -0.39 is 0 Å². The van der Waals surface area contributed by atoms with Crippen LogP contribution in [0.4, 0.5) is 5.69 Å². The van der Waals surface area contributed by atoms with Crippen LogP contribution in [-0.2, 0) is 0 Å². The third-order valence-electron chi connectivity index (χ3n) is 2.57. The maximum atomic E-state index is 12.2. The van der Waals surface area contributed by atoms with Crippen molar-refractivity contribution >= 4 is 27.5 Å². The molecule has 0 bridgehead atoms. The normalized spacial score (nSPS) is 9.83. The third kappa shape index (κ3) is 2.29. The molecule has 4 nitrogen and oxygen atoms in total. The van der Waals surface area contributed by atoms with Gasteiger partial charge in [-0.3, -0.25) is 4.79 Å². The van der Waals surface area contributed by atoms with Crippen LogP contribution in [0.15, 0.2) is 41.0 Å². The summed E-state index contributed by atoms with van der Waals surface area (Å²) in [6.45, 7) is 0. The Morgan fingerprint density at radius 2 is 2.17 bits per heavy atom. The molecule has 1 aromatic heterocycles. The van der Waals surface area contributed by atoms with E-state index in [0.29, 0.717) is 16.9 Å². The molecular weight excluding hydrogens is 294 g/mol. The largest absolute Gasteiger partial charge is 0.356 e. The molecule has 0 aliphatic heterocycles. The second-order valence-electron chi connectivity index (χ2n) is 3.72. The molecule has 0 aliphatic rings. The van der Waals surface area contributed by atoms with Gasteiger partial charge in [0.15, 0.2) is 0 Å². The maximum absolute atomic E-state index is 12.2. The molecule has 5 heteroatoms. The smallest absolute Gasteiger partial charge is 0.274 e. The standard InChI is InChI=1S/C13H10BrN3O/c1-17(12-5-3-2-4-9(12)7-15)13(18)11-6-10(14)8-16-11/h2-6,8,16H,1H3. The molecule has 0 saturated carbocycles. The highest BCUT2D eigenvalue weighted by molar-refractivity contribution is 9.10. The number of hydrogen-bond acceptors (Lipinski definition) is 2. The monoisotopic (exact) mass is 303 g/mol. The summed E-state index contributed by atoms with van der Waals surface area (Å²) in [6.07, 6.45) is 1.69.